The van der Waals surface area contributed by atoms with Gasteiger partial charge in [0, 0.05) is 11.6 Å². The topological polar surface area (TPSA) is 117 Å². The first-order valence-electron chi connectivity index (χ1n) is 8.25. The highest BCUT2D eigenvalue weighted by molar-refractivity contribution is 7.99. The van der Waals surface area contributed by atoms with Crippen LogP contribution in [0.4, 0.5) is 5.13 Å². The lowest BCUT2D eigenvalue weighted by molar-refractivity contribution is -0.133. The molecule has 0 fully saturated rings. The first-order chi connectivity index (χ1) is 13.4. The van der Waals surface area contributed by atoms with E-state index in [1.54, 1.807) is 10.6 Å². The lowest BCUT2D eigenvalue weighted by Gasteiger charge is -2.14. The number of rotatable bonds is 8. The van der Waals surface area contributed by atoms with E-state index in [0.29, 0.717) is 33.6 Å². The van der Waals surface area contributed by atoms with Crippen molar-refractivity contribution in [3.63, 3.8) is 0 Å². The van der Waals surface area contributed by atoms with Crippen molar-refractivity contribution in [2.24, 2.45) is 0 Å². The number of carboxylic acid groups (broad SMARTS) is 1. The number of thioether (sulfide) groups is 1. The number of thiazole rings is 1. The fourth-order valence-electron chi connectivity index (χ4n) is 2.53. The summed E-state index contributed by atoms with van der Waals surface area (Å²) in [5.74, 6) is -1.24. The number of carbonyl (C=O) groups is 1. The van der Waals surface area contributed by atoms with E-state index in [2.05, 4.69) is 15.3 Å². The highest BCUT2D eigenvalue weighted by Gasteiger charge is 2.18. The van der Waals surface area contributed by atoms with Crippen molar-refractivity contribution >= 4 is 56.1 Å². The van der Waals surface area contributed by atoms with Gasteiger partial charge in [-0.2, -0.15) is 4.98 Å². The second-order valence-corrected chi connectivity index (χ2v) is 8.16. The number of halogens is 1. The Balaban J connectivity index is 2.14. The van der Waals surface area contributed by atoms with Crippen LogP contribution in [0.3, 0.4) is 0 Å². The predicted octanol–water partition coefficient (Wildman–Crippen LogP) is 2.44. The zero-order valence-electron chi connectivity index (χ0n) is 14.8. The molecule has 3 aromatic rings. The minimum Gasteiger partial charge on any atom is -0.481 e. The minimum absolute atomic E-state index is 0.0696. The summed E-state index contributed by atoms with van der Waals surface area (Å²) < 4.78 is 2.09. The van der Waals surface area contributed by atoms with E-state index >= 15 is 0 Å². The fourth-order valence-corrected chi connectivity index (χ4v) is 4.31. The zero-order valence-corrected chi connectivity index (χ0v) is 17.2. The van der Waals surface area contributed by atoms with Crippen molar-refractivity contribution in [2.45, 2.75) is 18.6 Å². The van der Waals surface area contributed by atoms with Crippen LogP contribution in [-0.4, -0.2) is 49.6 Å². The smallest absolute Gasteiger partial charge is 0.313 e. The Kier molecular flexibility index (Phi) is 6.55. The second kappa shape index (κ2) is 8.91. The van der Waals surface area contributed by atoms with E-state index in [4.69, 9.17) is 21.8 Å². The van der Waals surface area contributed by atoms with Gasteiger partial charge in [-0.15, -0.1) is 0 Å². The number of nitrogens with zero attached hydrogens (tertiary/aromatic N) is 3. The molecule has 8 nitrogen and oxygen atoms in total. The summed E-state index contributed by atoms with van der Waals surface area (Å²) in [5, 5.41) is 22.3. The highest BCUT2D eigenvalue weighted by Crippen LogP contribution is 2.28. The SMILES string of the molecule is Cc1c(Cl)cccc1Cn1c(SCC(=O)O)nc(=O)c2sc(NCCO)nc21. The quantitative estimate of drug-likeness (QED) is 0.361. The van der Waals surface area contributed by atoms with Crippen LogP contribution in [0.5, 0.6) is 0 Å². The third kappa shape index (κ3) is 4.46. The first kappa shape index (κ1) is 20.6. The molecular formula is C17H17ClN4O4S2. The number of hydrogen-bond acceptors (Lipinski definition) is 8. The number of aliphatic carboxylic acids is 1. The van der Waals surface area contributed by atoms with Crippen LogP contribution in [0.25, 0.3) is 10.3 Å². The van der Waals surface area contributed by atoms with Crippen molar-refractivity contribution in [1.29, 1.82) is 0 Å². The van der Waals surface area contributed by atoms with Gasteiger partial charge in [0.15, 0.2) is 15.9 Å². The van der Waals surface area contributed by atoms with E-state index in [0.717, 1.165) is 34.2 Å². The molecule has 11 heteroatoms. The molecule has 0 saturated carbocycles. The molecule has 0 saturated heterocycles. The maximum Gasteiger partial charge on any atom is 0.313 e. The molecule has 2 aromatic heterocycles. The summed E-state index contributed by atoms with van der Waals surface area (Å²) >= 11 is 8.33. The highest BCUT2D eigenvalue weighted by atomic mass is 35.5. The van der Waals surface area contributed by atoms with Crippen LogP contribution in [0, 0.1) is 6.92 Å². The number of anilines is 1. The summed E-state index contributed by atoms with van der Waals surface area (Å²) in [6.45, 7) is 2.46. The predicted molar refractivity (Wildman–Crippen MR) is 111 cm³/mol. The van der Waals surface area contributed by atoms with Gasteiger partial charge in [-0.05, 0) is 24.1 Å². The van der Waals surface area contributed by atoms with Crippen LogP contribution in [0.15, 0.2) is 28.2 Å². The lowest BCUT2D eigenvalue weighted by Crippen LogP contribution is -2.17. The standard InChI is InChI=1S/C17H17ClN4O4S2/c1-9-10(3-2-4-11(9)18)7-22-14-13(28-16(20-14)19-5-6-23)15(26)21-17(22)27-8-12(24)25/h2-4,23H,5-8H2,1H3,(H,19,20)(H,24,25). The van der Waals surface area contributed by atoms with E-state index in [1.165, 1.54) is 0 Å². The molecular weight excluding hydrogens is 424 g/mol. The molecule has 0 spiro atoms. The number of hydrogen-bond donors (Lipinski definition) is 3. The third-order valence-corrected chi connectivity index (χ3v) is 6.27. The maximum absolute atomic E-state index is 12.4. The number of fused-ring (bicyclic) bond motifs is 1. The normalized spacial score (nSPS) is 11.1. The Morgan fingerprint density at radius 1 is 1.39 bits per heavy atom. The first-order valence-corrected chi connectivity index (χ1v) is 10.4. The fraction of sp³-hybridized carbons (Fsp3) is 0.294. The van der Waals surface area contributed by atoms with Gasteiger partial charge in [0.05, 0.1) is 18.9 Å². The summed E-state index contributed by atoms with van der Waals surface area (Å²) in [4.78, 5) is 32.0. The van der Waals surface area contributed by atoms with Gasteiger partial charge in [-0.1, -0.05) is 46.8 Å². The van der Waals surface area contributed by atoms with Gasteiger partial charge in [0.2, 0.25) is 0 Å². The number of carboxylic acids is 1. The molecule has 0 aliphatic rings. The van der Waals surface area contributed by atoms with Gasteiger partial charge < -0.3 is 15.5 Å². The molecule has 0 radical (unpaired) electrons. The van der Waals surface area contributed by atoms with Gasteiger partial charge >= 0.3 is 5.97 Å². The Bertz CT molecular complexity index is 1080. The number of aliphatic hydroxyl groups excluding tert-OH is 1. The zero-order chi connectivity index (χ0) is 20.3. The molecule has 0 atom stereocenters. The van der Waals surface area contributed by atoms with Crippen LogP contribution in [0.1, 0.15) is 11.1 Å². The molecule has 0 unspecified atom stereocenters. The number of aliphatic hydroxyl groups is 1. The van der Waals surface area contributed by atoms with Crippen molar-refractivity contribution < 1.29 is 15.0 Å². The minimum atomic E-state index is -1.01. The molecule has 0 aliphatic carbocycles. The molecule has 1 aromatic carbocycles. The Morgan fingerprint density at radius 2 is 2.18 bits per heavy atom. The van der Waals surface area contributed by atoms with Crippen molar-refractivity contribution in [2.75, 3.05) is 24.2 Å². The molecule has 0 aliphatic heterocycles. The largest absolute Gasteiger partial charge is 0.481 e. The molecule has 2 heterocycles. The van der Waals surface area contributed by atoms with Gasteiger partial charge in [0.1, 0.15) is 4.70 Å². The lowest BCUT2D eigenvalue weighted by atomic mass is 10.1. The molecule has 3 rings (SSSR count). The van der Waals surface area contributed by atoms with E-state index in [-0.39, 0.29) is 17.5 Å². The molecule has 0 bridgehead atoms. The maximum atomic E-state index is 12.4. The van der Waals surface area contributed by atoms with Gasteiger partial charge in [0.25, 0.3) is 5.56 Å². The Hall–Kier alpha value is -2.14. The molecule has 3 N–H and O–H groups in total. The van der Waals surface area contributed by atoms with Gasteiger partial charge in [-0.25, -0.2) is 4.98 Å². The van der Waals surface area contributed by atoms with Crippen molar-refractivity contribution in [1.82, 2.24) is 14.5 Å². The van der Waals surface area contributed by atoms with Gasteiger partial charge in [-0.3, -0.25) is 14.2 Å². The monoisotopic (exact) mass is 440 g/mol. The number of benzene rings is 1. The molecule has 148 valence electrons. The van der Waals surface area contributed by atoms with Crippen molar-refractivity contribution in [3.8, 4) is 0 Å². The number of nitrogens with one attached hydrogen (secondary N) is 1. The van der Waals surface area contributed by atoms with E-state index < -0.39 is 11.5 Å². The van der Waals surface area contributed by atoms with E-state index in [9.17, 15) is 9.59 Å². The average molecular weight is 441 g/mol. The van der Waals surface area contributed by atoms with Crippen LogP contribution in [0.2, 0.25) is 5.02 Å². The average Bonchev–Trinajstić information content (AvgIpc) is 3.09. The van der Waals surface area contributed by atoms with Crippen LogP contribution < -0.4 is 10.9 Å². The van der Waals surface area contributed by atoms with Crippen molar-refractivity contribution in [3.05, 3.63) is 44.7 Å². The summed E-state index contributed by atoms with van der Waals surface area (Å²) in [6, 6.07) is 5.53. The third-order valence-electron chi connectivity index (χ3n) is 3.91. The van der Waals surface area contributed by atoms with Crippen LogP contribution >= 0.6 is 34.7 Å². The summed E-state index contributed by atoms with van der Waals surface area (Å²) in [7, 11) is 0. The Morgan fingerprint density at radius 3 is 2.89 bits per heavy atom. The summed E-state index contributed by atoms with van der Waals surface area (Å²) in [5.41, 5.74) is 1.75. The second-order valence-electron chi connectivity index (χ2n) is 5.81. The van der Waals surface area contributed by atoms with Crippen LogP contribution in [-0.2, 0) is 11.3 Å². The van der Waals surface area contributed by atoms with E-state index in [1.807, 2.05) is 19.1 Å². The number of aromatic nitrogens is 3. The molecule has 28 heavy (non-hydrogen) atoms. The molecule has 0 amide bonds. The summed E-state index contributed by atoms with van der Waals surface area (Å²) in [6.07, 6.45) is 0. The Labute approximate surface area is 173 Å².